The van der Waals surface area contributed by atoms with Crippen LogP contribution in [0.1, 0.15) is 12.5 Å². The zero-order valence-electron chi connectivity index (χ0n) is 13.5. The van der Waals surface area contributed by atoms with E-state index in [1.54, 1.807) is 12.1 Å². The van der Waals surface area contributed by atoms with Gasteiger partial charge in [-0.3, -0.25) is 4.31 Å². The van der Waals surface area contributed by atoms with Crippen molar-refractivity contribution in [2.24, 2.45) is 0 Å². The molecule has 1 aromatic heterocycles. The first-order chi connectivity index (χ1) is 11.2. The SMILES string of the molecule is CC1Cc2ccccc2N1S(=O)(=O)c1cn(S(=O)(=O)N(C)C)cn1. The van der Waals surface area contributed by atoms with Crippen LogP contribution in [-0.4, -0.2) is 50.2 Å². The Labute approximate surface area is 141 Å². The maximum Gasteiger partial charge on any atom is 0.308 e. The fraction of sp³-hybridized carbons (Fsp3) is 0.357. The molecule has 1 unspecified atom stereocenters. The standard InChI is InChI=1S/C14H18N4O4S2/c1-11-8-12-6-4-5-7-13(12)18(11)23(19,20)14-9-17(10-15-14)24(21,22)16(2)3/h4-7,9-11H,8H2,1-3H3. The number of rotatable bonds is 4. The van der Waals surface area contributed by atoms with Crippen LogP contribution in [0.2, 0.25) is 0 Å². The molecule has 0 bridgehead atoms. The van der Waals surface area contributed by atoms with Crippen LogP contribution in [0.4, 0.5) is 5.69 Å². The Hall–Kier alpha value is -1.91. The molecule has 130 valence electrons. The van der Waals surface area contributed by atoms with E-state index in [2.05, 4.69) is 4.98 Å². The summed E-state index contributed by atoms with van der Waals surface area (Å²) >= 11 is 0. The summed E-state index contributed by atoms with van der Waals surface area (Å²) in [6.07, 6.45) is 2.62. The largest absolute Gasteiger partial charge is 0.308 e. The molecule has 8 nitrogen and oxygen atoms in total. The topological polar surface area (TPSA) is 92.6 Å². The first kappa shape index (κ1) is 16.9. The normalized spacial score (nSPS) is 18.2. The van der Waals surface area contributed by atoms with Crippen molar-refractivity contribution in [3.8, 4) is 0 Å². The number of aromatic nitrogens is 2. The third-order valence-electron chi connectivity index (χ3n) is 3.93. The van der Waals surface area contributed by atoms with Crippen molar-refractivity contribution < 1.29 is 16.8 Å². The summed E-state index contributed by atoms with van der Waals surface area (Å²) in [6.45, 7) is 1.81. The fourth-order valence-corrected chi connectivity index (χ4v) is 5.20. The quantitative estimate of drug-likeness (QED) is 0.789. The van der Waals surface area contributed by atoms with E-state index in [1.165, 1.54) is 18.4 Å². The molecule has 1 aliphatic heterocycles. The van der Waals surface area contributed by atoms with Crippen molar-refractivity contribution in [1.82, 2.24) is 13.3 Å². The Morgan fingerprint density at radius 3 is 2.50 bits per heavy atom. The van der Waals surface area contributed by atoms with Gasteiger partial charge in [-0.15, -0.1) is 0 Å². The average Bonchev–Trinajstić information content (AvgIpc) is 3.11. The van der Waals surface area contributed by atoms with Crippen LogP contribution < -0.4 is 4.31 Å². The highest BCUT2D eigenvalue weighted by molar-refractivity contribution is 7.92. The van der Waals surface area contributed by atoms with Gasteiger partial charge in [0.1, 0.15) is 6.33 Å². The van der Waals surface area contributed by atoms with Gasteiger partial charge in [-0.25, -0.2) is 8.96 Å². The molecule has 3 rings (SSSR count). The highest BCUT2D eigenvalue weighted by Crippen LogP contribution is 2.36. The summed E-state index contributed by atoms with van der Waals surface area (Å²) in [6, 6.07) is 7.00. The number of hydrogen-bond donors (Lipinski definition) is 0. The second-order valence-electron chi connectivity index (χ2n) is 5.81. The molecule has 2 aromatic rings. The van der Waals surface area contributed by atoms with Crippen LogP contribution in [0.25, 0.3) is 0 Å². The maximum atomic E-state index is 13.0. The van der Waals surface area contributed by atoms with Crippen molar-refractivity contribution in [1.29, 1.82) is 0 Å². The van der Waals surface area contributed by atoms with Crippen molar-refractivity contribution in [3.63, 3.8) is 0 Å². The highest BCUT2D eigenvalue weighted by Gasteiger charge is 2.37. The van der Waals surface area contributed by atoms with Gasteiger partial charge in [-0.05, 0) is 25.0 Å². The molecule has 10 heteroatoms. The van der Waals surface area contributed by atoms with Crippen molar-refractivity contribution >= 4 is 25.9 Å². The lowest BCUT2D eigenvalue weighted by molar-refractivity contribution is 0.510. The second kappa shape index (κ2) is 5.57. The summed E-state index contributed by atoms with van der Waals surface area (Å²) < 4.78 is 53.2. The zero-order valence-corrected chi connectivity index (χ0v) is 15.1. The molecule has 0 N–H and O–H groups in total. The van der Waals surface area contributed by atoms with Gasteiger partial charge >= 0.3 is 10.2 Å². The molecule has 0 amide bonds. The Kier molecular flexibility index (Phi) is 3.93. The van der Waals surface area contributed by atoms with E-state index in [0.717, 1.165) is 26.4 Å². The Morgan fingerprint density at radius 2 is 1.83 bits per heavy atom. The van der Waals surface area contributed by atoms with E-state index in [9.17, 15) is 16.8 Å². The van der Waals surface area contributed by atoms with E-state index in [4.69, 9.17) is 0 Å². The molecule has 2 heterocycles. The van der Waals surface area contributed by atoms with E-state index < -0.39 is 20.2 Å². The lowest BCUT2D eigenvalue weighted by Gasteiger charge is -2.23. The van der Waals surface area contributed by atoms with E-state index >= 15 is 0 Å². The molecule has 0 radical (unpaired) electrons. The summed E-state index contributed by atoms with van der Waals surface area (Å²) in [5.41, 5.74) is 1.55. The number of para-hydroxylation sites is 1. The Morgan fingerprint density at radius 1 is 1.17 bits per heavy atom. The third kappa shape index (κ3) is 2.50. The van der Waals surface area contributed by atoms with Crippen LogP contribution in [0.15, 0.2) is 41.8 Å². The minimum atomic E-state index is -3.95. The number of anilines is 1. The van der Waals surface area contributed by atoms with Crippen LogP contribution >= 0.6 is 0 Å². The monoisotopic (exact) mass is 370 g/mol. The van der Waals surface area contributed by atoms with E-state index in [-0.39, 0.29) is 11.1 Å². The second-order valence-corrected chi connectivity index (χ2v) is 9.62. The van der Waals surface area contributed by atoms with Gasteiger partial charge in [0.25, 0.3) is 10.0 Å². The number of imidazole rings is 1. The molecule has 0 aliphatic carbocycles. The predicted octanol–water partition coefficient (Wildman–Crippen LogP) is 0.677. The smallest absolute Gasteiger partial charge is 0.262 e. The van der Waals surface area contributed by atoms with Crippen molar-refractivity contribution in [2.75, 3.05) is 18.4 Å². The maximum absolute atomic E-state index is 13.0. The third-order valence-corrected chi connectivity index (χ3v) is 7.40. The molecule has 0 saturated carbocycles. The molecular formula is C14H18N4O4S2. The average molecular weight is 370 g/mol. The van der Waals surface area contributed by atoms with Crippen LogP contribution in [-0.2, 0) is 26.7 Å². The van der Waals surface area contributed by atoms with Crippen molar-refractivity contribution in [2.45, 2.75) is 24.4 Å². The fourth-order valence-electron chi connectivity index (χ4n) is 2.74. The lowest BCUT2D eigenvalue weighted by Crippen LogP contribution is -2.36. The Bertz CT molecular complexity index is 980. The molecule has 1 aromatic carbocycles. The molecule has 0 spiro atoms. The van der Waals surface area contributed by atoms with Gasteiger partial charge in [0.2, 0.25) is 0 Å². The Balaban J connectivity index is 2.06. The van der Waals surface area contributed by atoms with Gasteiger partial charge in [0.15, 0.2) is 5.03 Å². The van der Waals surface area contributed by atoms with Gasteiger partial charge in [-0.2, -0.15) is 21.1 Å². The van der Waals surface area contributed by atoms with Crippen LogP contribution in [0.3, 0.4) is 0 Å². The van der Waals surface area contributed by atoms with Gasteiger partial charge in [-0.1, -0.05) is 18.2 Å². The number of hydrogen-bond acceptors (Lipinski definition) is 5. The summed E-state index contributed by atoms with van der Waals surface area (Å²) in [4.78, 5) is 3.82. The number of benzene rings is 1. The highest BCUT2D eigenvalue weighted by atomic mass is 32.2. The predicted molar refractivity (Wildman–Crippen MR) is 89.5 cm³/mol. The summed E-state index contributed by atoms with van der Waals surface area (Å²) in [7, 11) is -5.03. The van der Waals surface area contributed by atoms with Gasteiger partial charge < -0.3 is 0 Å². The summed E-state index contributed by atoms with van der Waals surface area (Å²) in [5.74, 6) is 0. The van der Waals surface area contributed by atoms with Gasteiger partial charge in [0, 0.05) is 20.1 Å². The number of sulfonamides is 1. The lowest BCUT2D eigenvalue weighted by atomic mass is 10.1. The molecule has 1 atom stereocenters. The first-order valence-corrected chi connectivity index (χ1v) is 10.1. The van der Waals surface area contributed by atoms with Crippen LogP contribution in [0.5, 0.6) is 0 Å². The first-order valence-electron chi connectivity index (χ1n) is 7.25. The minimum absolute atomic E-state index is 0.261. The molecule has 0 fully saturated rings. The van der Waals surface area contributed by atoms with Crippen LogP contribution in [0, 0.1) is 0 Å². The number of fused-ring (bicyclic) bond motifs is 1. The molecule has 0 saturated heterocycles. The molecule has 1 aliphatic rings. The zero-order chi connectivity index (χ0) is 17.7. The molecular weight excluding hydrogens is 352 g/mol. The minimum Gasteiger partial charge on any atom is -0.262 e. The van der Waals surface area contributed by atoms with Crippen molar-refractivity contribution in [3.05, 3.63) is 42.4 Å². The van der Waals surface area contributed by atoms with E-state index in [1.807, 2.05) is 19.1 Å². The van der Waals surface area contributed by atoms with Gasteiger partial charge in [0.05, 0.1) is 11.9 Å². The summed E-state index contributed by atoms with van der Waals surface area (Å²) in [5, 5.41) is -0.295. The molecule has 24 heavy (non-hydrogen) atoms. The number of nitrogens with zero attached hydrogens (tertiary/aromatic N) is 4. The van der Waals surface area contributed by atoms with E-state index in [0.29, 0.717) is 12.1 Å².